The van der Waals surface area contributed by atoms with Crippen molar-refractivity contribution in [1.29, 1.82) is 0 Å². The number of nitrogens with one attached hydrogen (secondary N) is 1. The molecule has 2 nitrogen and oxygen atoms in total. The lowest BCUT2D eigenvalue weighted by Crippen LogP contribution is -2.30. The Kier molecular flexibility index (Phi) is 5.95. The summed E-state index contributed by atoms with van der Waals surface area (Å²) in [4.78, 5) is 13.1. The van der Waals surface area contributed by atoms with Crippen LogP contribution >= 0.6 is 34.7 Å². The highest BCUT2D eigenvalue weighted by Crippen LogP contribution is 2.19. The van der Waals surface area contributed by atoms with Crippen LogP contribution < -0.4 is 5.32 Å². The second-order valence-electron chi connectivity index (χ2n) is 4.38. The van der Waals surface area contributed by atoms with Gasteiger partial charge in [0.1, 0.15) is 0 Å². The molecule has 2 aromatic rings. The molecular weight excluding hydrogens is 310 g/mol. The summed E-state index contributed by atoms with van der Waals surface area (Å²) in [6, 6.07) is 11.7. The van der Waals surface area contributed by atoms with Crippen molar-refractivity contribution in [1.82, 2.24) is 5.32 Å². The maximum absolute atomic E-state index is 12.0. The van der Waals surface area contributed by atoms with E-state index in [0.717, 1.165) is 10.8 Å². The molecule has 0 aliphatic carbocycles. The molecule has 1 atom stereocenters. The first-order valence-corrected chi connectivity index (χ1v) is 8.62. The summed E-state index contributed by atoms with van der Waals surface area (Å²) in [6.45, 7) is 2.55. The van der Waals surface area contributed by atoms with E-state index < -0.39 is 0 Å². The van der Waals surface area contributed by atoms with Gasteiger partial charge in [-0.2, -0.15) is 0 Å². The number of hydrogen-bond donors (Lipinski definition) is 1. The standard InChI is InChI=1S/C15H16ClNOS2/c1-11(15(18)17-9-14-3-2-8-19-14)20-10-12-4-6-13(16)7-5-12/h2-8,11H,9-10H2,1H3,(H,17,18)/t11-/m1/s1. The van der Waals surface area contributed by atoms with Crippen LogP contribution in [-0.4, -0.2) is 11.2 Å². The van der Waals surface area contributed by atoms with Crippen molar-refractivity contribution >= 4 is 40.6 Å². The normalized spacial score (nSPS) is 12.1. The Labute approximate surface area is 132 Å². The molecule has 106 valence electrons. The summed E-state index contributed by atoms with van der Waals surface area (Å²) in [5, 5.41) is 5.65. The van der Waals surface area contributed by atoms with Crippen LogP contribution in [0.3, 0.4) is 0 Å². The van der Waals surface area contributed by atoms with Gasteiger partial charge in [-0.15, -0.1) is 23.1 Å². The number of carbonyl (C=O) groups is 1. The van der Waals surface area contributed by atoms with Crippen molar-refractivity contribution < 1.29 is 4.79 Å². The number of rotatable bonds is 6. The monoisotopic (exact) mass is 325 g/mol. The molecule has 0 spiro atoms. The highest BCUT2D eigenvalue weighted by molar-refractivity contribution is 7.99. The molecule has 0 saturated carbocycles. The van der Waals surface area contributed by atoms with Gasteiger partial charge in [0, 0.05) is 15.7 Å². The maximum atomic E-state index is 12.0. The summed E-state index contributed by atoms with van der Waals surface area (Å²) in [7, 11) is 0. The molecular formula is C15H16ClNOS2. The summed E-state index contributed by atoms with van der Waals surface area (Å²) >= 11 is 9.13. The zero-order valence-corrected chi connectivity index (χ0v) is 13.5. The summed E-state index contributed by atoms with van der Waals surface area (Å²) in [5.74, 6) is 0.891. The Balaban J connectivity index is 1.74. The molecule has 1 amide bonds. The van der Waals surface area contributed by atoms with Crippen LogP contribution in [0.2, 0.25) is 5.02 Å². The van der Waals surface area contributed by atoms with Crippen LogP contribution in [0.25, 0.3) is 0 Å². The van der Waals surface area contributed by atoms with Crippen molar-refractivity contribution in [3.8, 4) is 0 Å². The minimum Gasteiger partial charge on any atom is -0.350 e. The predicted molar refractivity (Wildman–Crippen MR) is 88.4 cm³/mol. The lowest BCUT2D eigenvalue weighted by Gasteiger charge is -2.11. The lowest BCUT2D eigenvalue weighted by atomic mass is 10.2. The van der Waals surface area contributed by atoms with Gasteiger partial charge in [0.25, 0.3) is 0 Å². The predicted octanol–water partition coefficient (Wildman–Crippen LogP) is 4.34. The van der Waals surface area contributed by atoms with E-state index in [4.69, 9.17) is 11.6 Å². The van der Waals surface area contributed by atoms with Crippen molar-refractivity contribution in [2.24, 2.45) is 0 Å². The third-order valence-electron chi connectivity index (χ3n) is 2.80. The summed E-state index contributed by atoms with van der Waals surface area (Å²) < 4.78 is 0. The zero-order valence-electron chi connectivity index (χ0n) is 11.1. The van der Waals surface area contributed by atoms with Crippen LogP contribution in [-0.2, 0) is 17.1 Å². The van der Waals surface area contributed by atoms with Crippen molar-refractivity contribution in [2.75, 3.05) is 0 Å². The largest absolute Gasteiger partial charge is 0.350 e. The number of benzene rings is 1. The molecule has 1 aromatic heterocycles. The number of thiophene rings is 1. The molecule has 5 heteroatoms. The maximum Gasteiger partial charge on any atom is 0.233 e. The Morgan fingerprint density at radius 3 is 2.75 bits per heavy atom. The van der Waals surface area contributed by atoms with E-state index in [1.54, 1.807) is 23.1 Å². The van der Waals surface area contributed by atoms with Crippen molar-refractivity contribution in [2.45, 2.75) is 24.5 Å². The number of amides is 1. The van der Waals surface area contributed by atoms with Gasteiger partial charge in [-0.25, -0.2) is 0 Å². The number of carbonyl (C=O) groups excluding carboxylic acids is 1. The van der Waals surface area contributed by atoms with Crippen molar-refractivity contribution in [3.05, 3.63) is 57.2 Å². The molecule has 0 aliphatic heterocycles. The minimum atomic E-state index is -0.0642. The molecule has 0 bridgehead atoms. The number of halogens is 1. The third-order valence-corrected chi connectivity index (χ3v) is 5.14. The van der Waals surface area contributed by atoms with Crippen LogP contribution in [0.5, 0.6) is 0 Å². The lowest BCUT2D eigenvalue weighted by molar-refractivity contribution is -0.120. The highest BCUT2D eigenvalue weighted by atomic mass is 35.5. The van der Waals surface area contributed by atoms with E-state index in [9.17, 15) is 4.79 Å². The fourth-order valence-corrected chi connectivity index (χ4v) is 3.25. The van der Waals surface area contributed by atoms with E-state index in [-0.39, 0.29) is 11.2 Å². The molecule has 0 radical (unpaired) electrons. The number of thioether (sulfide) groups is 1. The average molecular weight is 326 g/mol. The van der Waals surface area contributed by atoms with E-state index in [1.807, 2.05) is 48.7 Å². The van der Waals surface area contributed by atoms with Crippen LogP contribution in [0, 0.1) is 0 Å². The van der Waals surface area contributed by atoms with Gasteiger partial charge in [0.2, 0.25) is 5.91 Å². The molecule has 0 aliphatic rings. The molecule has 0 unspecified atom stereocenters. The summed E-state index contributed by atoms with van der Waals surface area (Å²) in [5.41, 5.74) is 1.18. The Hall–Kier alpha value is -0.970. The van der Waals surface area contributed by atoms with Gasteiger partial charge in [-0.1, -0.05) is 29.8 Å². The minimum absolute atomic E-state index is 0.0642. The molecule has 2 rings (SSSR count). The van der Waals surface area contributed by atoms with Gasteiger partial charge >= 0.3 is 0 Å². The molecule has 0 saturated heterocycles. The van der Waals surface area contributed by atoms with Gasteiger partial charge < -0.3 is 5.32 Å². The third kappa shape index (κ3) is 4.85. The second kappa shape index (κ2) is 7.72. The van der Waals surface area contributed by atoms with E-state index >= 15 is 0 Å². The Morgan fingerprint density at radius 1 is 1.35 bits per heavy atom. The van der Waals surface area contributed by atoms with E-state index in [0.29, 0.717) is 6.54 Å². The molecule has 20 heavy (non-hydrogen) atoms. The van der Waals surface area contributed by atoms with Crippen LogP contribution in [0.15, 0.2) is 41.8 Å². The first kappa shape index (κ1) is 15.4. The molecule has 1 aromatic carbocycles. The second-order valence-corrected chi connectivity index (χ2v) is 7.17. The van der Waals surface area contributed by atoms with E-state index in [2.05, 4.69) is 5.32 Å². The first-order valence-electron chi connectivity index (χ1n) is 6.31. The smallest absolute Gasteiger partial charge is 0.233 e. The number of hydrogen-bond acceptors (Lipinski definition) is 3. The van der Waals surface area contributed by atoms with E-state index in [1.165, 1.54) is 10.4 Å². The topological polar surface area (TPSA) is 29.1 Å². The SMILES string of the molecule is C[C@@H](SCc1ccc(Cl)cc1)C(=O)NCc1cccs1. The summed E-state index contributed by atoms with van der Waals surface area (Å²) in [6.07, 6.45) is 0. The quantitative estimate of drug-likeness (QED) is 0.856. The van der Waals surface area contributed by atoms with Crippen molar-refractivity contribution in [3.63, 3.8) is 0 Å². The Morgan fingerprint density at radius 2 is 2.10 bits per heavy atom. The average Bonchev–Trinajstić information content (AvgIpc) is 2.97. The molecule has 0 fully saturated rings. The molecule has 1 N–H and O–H groups in total. The van der Waals surface area contributed by atoms with Gasteiger partial charge in [0.15, 0.2) is 0 Å². The van der Waals surface area contributed by atoms with Gasteiger partial charge in [-0.05, 0) is 36.1 Å². The highest BCUT2D eigenvalue weighted by Gasteiger charge is 2.13. The van der Waals surface area contributed by atoms with Crippen LogP contribution in [0.1, 0.15) is 17.4 Å². The zero-order chi connectivity index (χ0) is 14.4. The fraction of sp³-hybridized carbons (Fsp3) is 0.267. The van der Waals surface area contributed by atoms with Crippen LogP contribution in [0.4, 0.5) is 0 Å². The van der Waals surface area contributed by atoms with Gasteiger partial charge in [-0.3, -0.25) is 4.79 Å². The fourth-order valence-electron chi connectivity index (χ4n) is 1.61. The molecule has 1 heterocycles. The van der Waals surface area contributed by atoms with Gasteiger partial charge in [0.05, 0.1) is 11.8 Å². The Bertz CT molecular complexity index is 540. The first-order chi connectivity index (χ1) is 9.65.